The standard InChI is InChI=1S/C12H17NO2/c1-8(9(2)14)13-11-7-15-12-6-4-3-5-10(11)12/h3-6,8-9,11,13-14H,7H2,1-2H3. The normalized spacial score (nSPS) is 23.0. The van der Waals surface area contributed by atoms with Crippen LogP contribution in [0, 0.1) is 0 Å². The minimum atomic E-state index is -0.349. The van der Waals surface area contributed by atoms with Crippen molar-refractivity contribution in [3.63, 3.8) is 0 Å². The second-order valence-electron chi connectivity index (χ2n) is 4.10. The summed E-state index contributed by atoms with van der Waals surface area (Å²) in [5, 5.41) is 12.8. The monoisotopic (exact) mass is 207 g/mol. The minimum absolute atomic E-state index is 0.0738. The molecule has 0 aliphatic carbocycles. The summed E-state index contributed by atoms with van der Waals surface area (Å²) < 4.78 is 5.55. The molecule has 0 amide bonds. The molecule has 2 N–H and O–H groups in total. The van der Waals surface area contributed by atoms with Crippen LogP contribution in [0.15, 0.2) is 24.3 Å². The number of fused-ring (bicyclic) bond motifs is 1. The smallest absolute Gasteiger partial charge is 0.124 e. The molecule has 15 heavy (non-hydrogen) atoms. The lowest BCUT2D eigenvalue weighted by atomic mass is 10.1. The number of rotatable bonds is 3. The maximum atomic E-state index is 9.43. The summed E-state index contributed by atoms with van der Waals surface area (Å²) in [6.07, 6.45) is -0.349. The number of aliphatic hydroxyl groups excluding tert-OH is 1. The molecule has 3 unspecified atom stereocenters. The van der Waals surface area contributed by atoms with E-state index < -0.39 is 0 Å². The number of hydrogen-bond donors (Lipinski definition) is 2. The highest BCUT2D eigenvalue weighted by molar-refractivity contribution is 5.39. The molecule has 3 heteroatoms. The van der Waals surface area contributed by atoms with Crippen LogP contribution in [0.25, 0.3) is 0 Å². The van der Waals surface area contributed by atoms with E-state index in [1.165, 1.54) is 5.56 Å². The molecule has 0 aromatic heterocycles. The fraction of sp³-hybridized carbons (Fsp3) is 0.500. The predicted octanol–water partition coefficient (Wildman–Crippen LogP) is 1.48. The van der Waals surface area contributed by atoms with Crippen LogP contribution < -0.4 is 10.1 Å². The summed E-state index contributed by atoms with van der Waals surface area (Å²) in [4.78, 5) is 0. The van der Waals surface area contributed by atoms with Gasteiger partial charge in [-0.3, -0.25) is 0 Å². The minimum Gasteiger partial charge on any atom is -0.491 e. The van der Waals surface area contributed by atoms with Gasteiger partial charge in [0.15, 0.2) is 0 Å². The maximum Gasteiger partial charge on any atom is 0.124 e. The van der Waals surface area contributed by atoms with Crippen LogP contribution in [0.1, 0.15) is 25.5 Å². The average molecular weight is 207 g/mol. The first kappa shape index (κ1) is 10.5. The van der Waals surface area contributed by atoms with E-state index in [4.69, 9.17) is 4.74 Å². The lowest BCUT2D eigenvalue weighted by Crippen LogP contribution is -2.38. The van der Waals surface area contributed by atoms with Crippen molar-refractivity contribution in [2.45, 2.75) is 32.0 Å². The molecule has 1 aromatic rings. The Labute approximate surface area is 90.1 Å². The lowest BCUT2D eigenvalue weighted by Gasteiger charge is -2.20. The van der Waals surface area contributed by atoms with E-state index in [1.807, 2.05) is 25.1 Å². The van der Waals surface area contributed by atoms with Crippen LogP contribution in [-0.2, 0) is 0 Å². The van der Waals surface area contributed by atoms with Crippen LogP contribution in [0.3, 0.4) is 0 Å². The van der Waals surface area contributed by atoms with Crippen molar-refractivity contribution in [2.24, 2.45) is 0 Å². The summed E-state index contributed by atoms with van der Waals surface area (Å²) in [5.74, 6) is 0.952. The number of nitrogens with one attached hydrogen (secondary N) is 1. The van der Waals surface area contributed by atoms with E-state index in [2.05, 4.69) is 11.4 Å². The molecule has 1 aromatic carbocycles. The van der Waals surface area contributed by atoms with Gasteiger partial charge in [-0.1, -0.05) is 18.2 Å². The number of ether oxygens (including phenoxy) is 1. The summed E-state index contributed by atoms with van der Waals surface area (Å²) in [6.45, 7) is 4.42. The van der Waals surface area contributed by atoms with Crippen molar-refractivity contribution >= 4 is 0 Å². The van der Waals surface area contributed by atoms with Crippen LogP contribution in [0.4, 0.5) is 0 Å². The first-order valence-electron chi connectivity index (χ1n) is 5.34. The highest BCUT2D eigenvalue weighted by Gasteiger charge is 2.25. The molecule has 82 valence electrons. The van der Waals surface area contributed by atoms with Crippen molar-refractivity contribution in [1.29, 1.82) is 0 Å². The summed E-state index contributed by atoms with van der Waals surface area (Å²) in [6, 6.07) is 8.29. The van der Waals surface area contributed by atoms with Crippen LogP contribution in [-0.4, -0.2) is 23.9 Å². The zero-order chi connectivity index (χ0) is 10.8. The topological polar surface area (TPSA) is 41.5 Å². The fourth-order valence-corrected chi connectivity index (χ4v) is 1.76. The van der Waals surface area contributed by atoms with Gasteiger partial charge in [0.25, 0.3) is 0 Å². The van der Waals surface area contributed by atoms with E-state index in [9.17, 15) is 5.11 Å². The fourth-order valence-electron chi connectivity index (χ4n) is 1.76. The summed E-state index contributed by atoms with van der Waals surface area (Å²) in [7, 11) is 0. The lowest BCUT2D eigenvalue weighted by molar-refractivity contribution is 0.142. The molecule has 1 heterocycles. The van der Waals surface area contributed by atoms with E-state index in [1.54, 1.807) is 6.92 Å². The SMILES string of the molecule is CC(O)C(C)NC1COc2ccccc21. The third-order valence-corrected chi connectivity index (χ3v) is 2.89. The summed E-state index contributed by atoms with van der Waals surface area (Å²) >= 11 is 0. The predicted molar refractivity (Wildman–Crippen MR) is 59.0 cm³/mol. The Hall–Kier alpha value is -1.06. The van der Waals surface area contributed by atoms with Gasteiger partial charge < -0.3 is 15.2 Å². The Morgan fingerprint density at radius 3 is 2.87 bits per heavy atom. The first-order valence-corrected chi connectivity index (χ1v) is 5.34. The van der Waals surface area contributed by atoms with Gasteiger partial charge in [0.1, 0.15) is 12.4 Å². The third kappa shape index (κ3) is 2.13. The van der Waals surface area contributed by atoms with Crippen LogP contribution in [0.5, 0.6) is 5.75 Å². The van der Waals surface area contributed by atoms with Gasteiger partial charge in [0.2, 0.25) is 0 Å². The van der Waals surface area contributed by atoms with Crippen LogP contribution >= 0.6 is 0 Å². The Bertz CT molecular complexity index is 338. The zero-order valence-corrected chi connectivity index (χ0v) is 9.10. The van der Waals surface area contributed by atoms with Gasteiger partial charge in [0, 0.05) is 11.6 Å². The van der Waals surface area contributed by atoms with Gasteiger partial charge in [-0.2, -0.15) is 0 Å². The Morgan fingerprint density at radius 2 is 2.13 bits per heavy atom. The molecule has 0 radical (unpaired) electrons. The molecule has 0 fully saturated rings. The summed E-state index contributed by atoms with van der Waals surface area (Å²) in [5.41, 5.74) is 1.19. The maximum absolute atomic E-state index is 9.43. The zero-order valence-electron chi connectivity index (χ0n) is 9.10. The molecule has 0 spiro atoms. The second-order valence-corrected chi connectivity index (χ2v) is 4.10. The Balaban J connectivity index is 2.08. The molecular formula is C12H17NO2. The van der Waals surface area contributed by atoms with Gasteiger partial charge >= 0.3 is 0 Å². The molecule has 0 saturated heterocycles. The molecule has 0 bridgehead atoms. The molecule has 3 atom stereocenters. The second kappa shape index (κ2) is 4.21. The van der Waals surface area contributed by atoms with E-state index >= 15 is 0 Å². The third-order valence-electron chi connectivity index (χ3n) is 2.89. The number of hydrogen-bond acceptors (Lipinski definition) is 3. The Morgan fingerprint density at radius 1 is 1.40 bits per heavy atom. The quantitative estimate of drug-likeness (QED) is 0.788. The highest BCUT2D eigenvalue weighted by Crippen LogP contribution is 2.31. The highest BCUT2D eigenvalue weighted by atomic mass is 16.5. The van der Waals surface area contributed by atoms with Crippen molar-refractivity contribution in [2.75, 3.05) is 6.61 Å². The molecular weight excluding hydrogens is 190 g/mol. The van der Waals surface area contributed by atoms with Crippen molar-refractivity contribution < 1.29 is 9.84 Å². The average Bonchev–Trinajstić information content (AvgIpc) is 2.62. The largest absolute Gasteiger partial charge is 0.491 e. The molecule has 3 nitrogen and oxygen atoms in total. The molecule has 2 rings (SSSR count). The molecule has 1 aliphatic heterocycles. The van der Waals surface area contributed by atoms with Gasteiger partial charge in [-0.15, -0.1) is 0 Å². The molecule has 1 aliphatic rings. The van der Waals surface area contributed by atoms with Gasteiger partial charge in [-0.05, 0) is 19.9 Å². The number of para-hydroxylation sites is 1. The van der Waals surface area contributed by atoms with Crippen molar-refractivity contribution in [3.05, 3.63) is 29.8 Å². The van der Waals surface area contributed by atoms with Crippen molar-refractivity contribution in [1.82, 2.24) is 5.32 Å². The number of aliphatic hydroxyl groups is 1. The van der Waals surface area contributed by atoms with Crippen molar-refractivity contribution in [3.8, 4) is 5.75 Å². The van der Waals surface area contributed by atoms with Gasteiger partial charge in [0.05, 0.1) is 12.1 Å². The van der Waals surface area contributed by atoms with E-state index in [0.717, 1.165) is 5.75 Å². The van der Waals surface area contributed by atoms with E-state index in [0.29, 0.717) is 6.61 Å². The van der Waals surface area contributed by atoms with Gasteiger partial charge in [-0.25, -0.2) is 0 Å². The Kier molecular flexibility index (Phi) is 2.93. The number of benzene rings is 1. The van der Waals surface area contributed by atoms with Crippen LogP contribution in [0.2, 0.25) is 0 Å². The van der Waals surface area contributed by atoms with E-state index in [-0.39, 0.29) is 18.2 Å². The molecule has 0 saturated carbocycles. The first-order chi connectivity index (χ1) is 7.18.